The molecule has 1 aliphatic carbocycles. The molecule has 9 heteroatoms. The lowest BCUT2D eigenvalue weighted by Crippen LogP contribution is -2.53. The number of hydrogen-bond acceptors (Lipinski definition) is 4. The van der Waals surface area contributed by atoms with Gasteiger partial charge in [-0.2, -0.15) is 0 Å². The molecule has 1 aromatic heterocycles. The van der Waals surface area contributed by atoms with Crippen molar-refractivity contribution in [2.75, 3.05) is 19.6 Å². The minimum atomic E-state index is -1.00. The third-order valence-corrected chi connectivity index (χ3v) is 8.53. The van der Waals surface area contributed by atoms with Crippen LogP contribution < -0.4 is 5.32 Å². The highest BCUT2D eigenvalue weighted by atomic mass is 16.4. The highest BCUT2D eigenvalue weighted by Crippen LogP contribution is 2.27. The maximum absolute atomic E-state index is 14.0. The van der Waals surface area contributed by atoms with Gasteiger partial charge in [0.05, 0.1) is 13.0 Å². The first-order valence-electron chi connectivity index (χ1n) is 15.0. The average molecular weight is 553 g/mol. The van der Waals surface area contributed by atoms with Gasteiger partial charge in [-0.25, -0.2) is 4.79 Å². The molecule has 1 saturated carbocycles. The van der Waals surface area contributed by atoms with Crippen LogP contribution in [0.4, 0.5) is 0 Å². The van der Waals surface area contributed by atoms with Crippen molar-refractivity contribution in [1.29, 1.82) is 0 Å². The number of carboxylic acid groups (broad SMARTS) is 1. The van der Waals surface area contributed by atoms with E-state index in [1.807, 2.05) is 37.4 Å². The summed E-state index contributed by atoms with van der Waals surface area (Å²) in [5.41, 5.74) is 1.82. The number of likely N-dealkylation sites (tertiary alicyclic amines) is 1. The topological polar surface area (TPSA) is 123 Å². The molecular formula is C31H44N4O5. The molecule has 4 rings (SSSR count). The number of carboxylic acids is 1. The number of amides is 3. The van der Waals surface area contributed by atoms with Crippen LogP contribution in [0.3, 0.4) is 0 Å². The minimum Gasteiger partial charge on any atom is -0.480 e. The Balaban J connectivity index is 1.47. The number of aliphatic carboxylic acids is 1. The van der Waals surface area contributed by atoms with Gasteiger partial charge >= 0.3 is 5.97 Å². The summed E-state index contributed by atoms with van der Waals surface area (Å²) in [5.74, 6) is -1.31. The first kappa shape index (κ1) is 29.6. The van der Waals surface area contributed by atoms with Crippen LogP contribution in [-0.4, -0.2) is 75.3 Å². The fourth-order valence-corrected chi connectivity index (χ4v) is 6.24. The lowest BCUT2D eigenvalue weighted by Gasteiger charge is -2.32. The van der Waals surface area contributed by atoms with Crippen molar-refractivity contribution >= 4 is 34.6 Å². The van der Waals surface area contributed by atoms with Crippen LogP contribution in [-0.2, 0) is 25.6 Å². The van der Waals surface area contributed by atoms with Crippen LogP contribution >= 0.6 is 0 Å². The number of unbranched alkanes of at least 4 members (excludes halogenated alkanes) is 1. The van der Waals surface area contributed by atoms with Crippen molar-refractivity contribution in [3.63, 3.8) is 0 Å². The second kappa shape index (κ2) is 14.3. The Kier molecular flexibility index (Phi) is 10.6. The van der Waals surface area contributed by atoms with E-state index < -0.39 is 18.1 Å². The number of carbonyl (C=O) groups excluding carboxylic acids is 3. The summed E-state index contributed by atoms with van der Waals surface area (Å²) in [7, 11) is 0. The molecular weight excluding hydrogens is 508 g/mol. The van der Waals surface area contributed by atoms with E-state index in [0.29, 0.717) is 38.3 Å². The molecule has 0 spiro atoms. The maximum Gasteiger partial charge on any atom is 0.326 e. The van der Waals surface area contributed by atoms with Gasteiger partial charge in [-0.15, -0.1) is 0 Å². The van der Waals surface area contributed by atoms with E-state index in [9.17, 15) is 24.3 Å². The largest absolute Gasteiger partial charge is 0.480 e. The molecule has 0 bridgehead atoms. The fraction of sp³-hybridized carbons (Fsp3) is 0.613. The van der Waals surface area contributed by atoms with Crippen molar-refractivity contribution in [1.82, 2.24) is 20.1 Å². The Morgan fingerprint density at radius 2 is 1.88 bits per heavy atom. The monoisotopic (exact) mass is 552 g/mol. The number of rotatable bonds is 13. The number of carbonyl (C=O) groups is 4. The first-order valence-corrected chi connectivity index (χ1v) is 15.0. The number of benzene rings is 1. The SMILES string of the molecule is CCCC[C@@H](NC(=O)Cc1c[nH]c2ccccc12)C(=O)N(CCC1CCCCC1)CC(=O)N1CCC[C@@H]1C(=O)O. The second-order valence-electron chi connectivity index (χ2n) is 11.4. The number of aromatic nitrogens is 1. The van der Waals surface area contributed by atoms with Gasteiger partial charge in [0.15, 0.2) is 0 Å². The van der Waals surface area contributed by atoms with E-state index in [-0.39, 0.29) is 30.7 Å². The van der Waals surface area contributed by atoms with Crippen molar-refractivity contribution in [3.05, 3.63) is 36.0 Å². The van der Waals surface area contributed by atoms with Gasteiger partial charge in [0.2, 0.25) is 17.7 Å². The Morgan fingerprint density at radius 1 is 1.10 bits per heavy atom. The van der Waals surface area contributed by atoms with Crippen molar-refractivity contribution in [2.45, 2.75) is 96.1 Å². The molecule has 2 heterocycles. The van der Waals surface area contributed by atoms with Crippen LogP contribution in [0.1, 0.15) is 83.1 Å². The van der Waals surface area contributed by atoms with Crippen molar-refractivity contribution in [2.24, 2.45) is 5.92 Å². The molecule has 2 aliphatic rings. The van der Waals surface area contributed by atoms with Crippen molar-refractivity contribution in [3.8, 4) is 0 Å². The van der Waals surface area contributed by atoms with Gasteiger partial charge < -0.3 is 25.2 Å². The van der Waals surface area contributed by atoms with E-state index in [2.05, 4.69) is 10.3 Å². The molecule has 1 aromatic carbocycles. The van der Waals surface area contributed by atoms with Gasteiger partial charge in [-0.05, 0) is 43.2 Å². The number of fused-ring (bicyclic) bond motifs is 1. The normalized spacial score (nSPS) is 18.5. The van der Waals surface area contributed by atoms with Gasteiger partial charge in [0.25, 0.3) is 0 Å². The summed E-state index contributed by atoms with van der Waals surface area (Å²) in [4.78, 5) is 58.3. The summed E-state index contributed by atoms with van der Waals surface area (Å²) in [6, 6.07) is 6.23. The Hall–Kier alpha value is -3.36. The van der Waals surface area contributed by atoms with Gasteiger partial charge in [-0.1, -0.05) is 70.1 Å². The molecule has 0 radical (unpaired) electrons. The van der Waals surface area contributed by atoms with Crippen LogP contribution in [0.15, 0.2) is 30.5 Å². The predicted octanol–water partition coefficient (Wildman–Crippen LogP) is 4.26. The smallest absolute Gasteiger partial charge is 0.326 e. The molecule has 3 N–H and O–H groups in total. The zero-order valence-corrected chi connectivity index (χ0v) is 23.7. The number of nitrogens with one attached hydrogen (secondary N) is 2. The summed E-state index contributed by atoms with van der Waals surface area (Å²) < 4.78 is 0. The first-order chi connectivity index (χ1) is 19.4. The Bertz CT molecular complexity index is 1170. The number of aromatic amines is 1. The lowest BCUT2D eigenvalue weighted by molar-refractivity contribution is -0.150. The molecule has 1 saturated heterocycles. The molecule has 2 atom stereocenters. The molecule has 2 aromatic rings. The van der Waals surface area contributed by atoms with E-state index in [0.717, 1.165) is 48.6 Å². The zero-order valence-electron chi connectivity index (χ0n) is 23.7. The summed E-state index contributed by atoms with van der Waals surface area (Å²) in [6.07, 6.45) is 11.9. The summed E-state index contributed by atoms with van der Waals surface area (Å²) in [6.45, 7) is 2.71. The Labute approximate surface area is 236 Å². The van der Waals surface area contributed by atoms with E-state index in [1.54, 1.807) is 4.90 Å². The third kappa shape index (κ3) is 7.64. The van der Waals surface area contributed by atoms with Crippen LogP contribution in [0.2, 0.25) is 0 Å². The third-order valence-electron chi connectivity index (χ3n) is 8.53. The van der Waals surface area contributed by atoms with Crippen LogP contribution in [0, 0.1) is 5.92 Å². The van der Waals surface area contributed by atoms with Gasteiger partial charge in [0, 0.05) is 30.2 Å². The lowest BCUT2D eigenvalue weighted by atomic mass is 9.87. The number of hydrogen-bond donors (Lipinski definition) is 3. The van der Waals surface area contributed by atoms with E-state index in [4.69, 9.17) is 0 Å². The molecule has 2 fully saturated rings. The molecule has 40 heavy (non-hydrogen) atoms. The predicted molar refractivity (Wildman–Crippen MR) is 154 cm³/mol. The van der Waals surface area contributed by atoms with E-state index >= 15 is 0 Å². The average Bonchev–Trinajstić information content (AvgIpc) is 3.61. The number of para-hydroxylation sites is 1. The molecule has 1 aliphatic heterocycles. The highest BCUT2D eigenvalue weighted by Gasteiger charge is 2.36. The second-order valence-corrected chi connectivity index (χ2v) is 11.4. The quantitative estimate of drug-likeness (QED) is 0.343. The molecule has 9 nitrogen and oxygen atoms in total. The van der Waals surface area contributed by atoms with Gasteiger partial charge in [-0.3, -0.25) is 14.4 Å². The molecule has 0 unspecified atom stereocenters. The van der Waals surface area contributed by atoms with Crippen LogP contribution in [0.5, 0.6) is 0 Å². The summed E-state index contributed by atoms with van der Waals surface area (Å²) >= 11 is 0. The van der Waals surface area contributed by atoms with Crippen LogP contribution in [0.25, 0.3) is 10.9 Å². The van der Waals surface area contributed by atoms with Crippen molar-refractivity contribution < 1.29 is 24.3 Å². The van der Waals surface area contributed by atoms with E-state index in [1.165, 1.54) is 24.2 Å². The molecule has 3 amide bonds. The highest BCUT2D eigenvalue weighted by molar-refractivity contribution is 5.93. The minimum absolute atomic E-state index is 0.148. The zero-order chi connectivity index (χ0) is 28.5. The standard InChI is InChI=1S/C31H44N4O5/c1-2-3-13-26(33-28(36)19-23-20-32-25-14-8-7-12-24(23)25)30(38)34(18-16-22-10-5-4-6-11-22)21-29(37)35-17-9-15-27(35)31(39)40/h7-8,12,14,20,22,26-27,32H,2-6,9-11,13,15-19,21H2,1H3,(H,33,36)(H,39,40)/t26-,27-/m1/s1. The number of nitrogens with zero attached hydrogens (tertiary/aromatic N) is 2. The Morgan fingerprint density at radius 3 is 2.62 bits per heavy atom. The fourth-order valence-electron chi connectivity index (χ4n) is 6.24. The molecule has 218 valence electrons. The summed E-state index contributed by atoms with van der Waals surface area (Å²) in [5, 5.41) is 13.5. The van der Waals surface area contributed by atoms with Gasteiger partial charge in [0.1, 0.15) is 12.1 Å². The number of H-pyrrole nitrogens is 1. The maximum atomic E-state index is 14.0.